The zero-order valence-electron chi connectivity index (χ0n) is 4.35. The molecule has 0 amide bonds. The van der Waals surface area contributed by atoms with Crippen LogP contribution in [0.2, 0.25) is 0 Å². The van der Waals surface area contributed by atoms with Crippen LogP contribution in [0.3, 0.4) is 0 Å². The van der Waals surface area contributed by atoms with E-state index in [1.165, 1.54) is 0 Å². The van der Waals surface area contributed by atoms with Crippen LogP contribution < -0.4 is 0 Å². The maximum Gasteiger partial charge on any atom is 0.339 e. The molecule has 6 heteroatoms. The van der Waals surface area contributed by atoms with Gasteiger partial charge in [0.2, 0.25) is 12.6 Å². The van der Waals surface area contributed by atoms with Gasteiger partial charge in [-0.25, -0.2) is 4.79 Å². The number of carboxylic acid groups (broad SMARTS) is 1. The van der Waals surface area contributed by atoms with Crippen LogP contribution in [-0.2, 0) is 4.79 Å². The molecule has 1 atom stereocenters. The molecular weight excluding hydrogens is 130 g/mol. The van der Waals surface area contributed by atoms with Crippen molar-refractivity contribution in [3.8, 4) is 0 Å². The summed E-state index contributed by atoms with van der Waals surface area (Å²) in [5.41, 5.74) is 0. The van der Waals surface area contributed by atoms with Crippen molar-refractivity contribution >= 4 is 5.97 Å². The fourth-order valence-electron chi connectivity index (χ4n) is 0.219. The molecule has 0 rings (SSSR count). The van der Waals surface area contributed by atoms with Crippen LogP contribution in [0.4, 0.5) is 0 Å². The van der Waals surface area contributed by atoms with Gasteiger partial charge in [-0.3, -0.25) is 10.1 Å². The van der Waals surface area contributed by atoms with Crippen molar-refractivity contribution in [3.05, 3.63) is 10.1 Å². The zero-order valence-corrected chi connectivity index (χ0v) is 4.35. The summed E-state index contributed by atoms with van der Waals surface area (Å²) >= 11 is 0. The maximum atomic E-state index is 9.68. The van der Waals surface area contributed by atoms with Gasteiger partial charge in [0.25, 0.3) is 0 Å². The first-order chi connectivity index (χ1) is 4.04. The molecule has 0 aliphatic carbocycles. The molecule has 9 heavy (non-hydrogen) atoms. The van der Waals surface area contributed by atoms with Crippen molar-refractivity contribution in [1.82, 2.24) is 0 Å². The smallest absolute Gasteiger partial charge is 0.339 e. The Balaban J connectivity index is 3.63. The van der Waals surface area contributed by atoms with Gasteiger partial charge in [-0.05, 0) is 0 Å². The van der Waals surface area contributed by atoms with Crippen LogP contribution >= 0.6 is 0 Å². The highest BCUT2D eigenvalue weighted by Crippen LogP contribution is 1.81. The second-order valence-electron chi connectivity index (χ2n) is 1.37. The van der Waals surface area contributed by atoms with Crippen molar-refractivity contribution < 1.29 is 19.9 Å². The molecule has 6 nitrogen and oxygen atoms in total. The number of aliphatic carboxylic acids is 1. The Morgan fingerprint density at radius 1 is 1.78 bits per heavy atom. The van der Waals surface area contributed by atoms with Crippen molar-refractivity contribution in [2.45, 2.75) is 6.10 Å². The fraction of sp³-hybridized carbons (Fsp3) is 0.667. The van der Waals surface area contributed by atoms with E-state index in [9.17, 15) is 14.9 Å². The third kappa shape index (κ3) is 3.42. The molecule has 0 aromatic carbocycles. The van der Waals surface area contributed by atoms with Crippen molar-refractivity contribution in [3.63, 3.8) is 0 Å². The highest BCUT2D eigenvalue weighted by Gasteiger charge is 2.18. The van der Waals surface area contributed by atoms with Crippen LogP contribution in [0.15, 0.2) is 0 Å². The van der Waals surface area contributed by atoms with E-state index in [1.54, 1.807) is 0 Å². The van der Waals surface area contributed by atoms with Crippen molar-refractivity contribution in [2.24, 2.45) is 0 Å². The first kappa shape index (κ1) is 7.83. The summed E-state index contributed by atoms with van der Waals surface area (Å²) < 4.78 is 0. The number of aliphatic hydroxyl groups is 1. The topological polar surface area (TPSA) is 101 Å². The Bertz CT molecular complexity index is 132. The predicted molar refractivity (Wildman–Crippen MR) is 25.5 cm³/mol. The molecule has 0 saturated heterocycles. The third-order valence-corrected chi connectivity index (χ3v) is 0.607. The zero-order chi connectivity index (χ0) is 7.44. The van der Waals surface area contributed by atoms with Crippen LogP contribution in [0, 0.1) is 10.1 Å². The molecule has 0 fully saturated rings. The van der Waals surface area contributed by atoms with E-state index in [2.05, 4.69) is 0 Å². The second kappa shape index (κ2) is 2.98. The van der Waals surface area contributed by atoms with Crippen LogP contribution in [0.25, 0.3) is 0 Å². The monoisotopic (exact) mass is 135 g/mol. The minimum atomic E-state index is -1.89. The normalized spacial score (nSPS) is 12.6. The van der Waals surface area contributed by atoms with E-state index < -0.39 is 23.5 Å². The molecule has 52 valence electrons. The molecule has 0 radical (unpaired) electrons. The predicted octanol–water partition coefficient (Wildman–Crippen LogP) is -1.29. The van der Waals surface area contributed by atoms with E-state index in [-0.39, 0.29) is 0 Å². The fourth-order valence-corrected chi connectivity index (χ4v) is 0.219. The molecule has 0 aliphatic heterocycles. The Morgan fingerprint density at radius 2 is 2.22 bits per heavy atom. The molecule has 0 saturated carbocycles. The van der Waals surface area contributed by atoms with Crippen LogP contribution in [-0.4, -0.2) is 33.8 Å². The molecule has 0 bridgehead atoms. The number of nitro groups is 1. The van der Waals surface area contributed by atoms with E-state index in [4.69, 9.17) is 10.2 Å². The summed E-state index contributed by atoms with van der Waals surface area (Å²) in [6.45, 7) is -0.949. The standard InChI is InChI=1S/C3H5NO5/c5-2(3(6)7)1-4(8)9/h2,5H,1H2,(H,6,7). The first-order valence-corrected chi connectivity index (χ1v) is 2.06. The lowest BCUT2D eigenvalue weighted by Gasteiger charge is -1.95. The second-order valence-corrected chi connectivity index (χ2v) is 1.37. The minimum absolute atomic E-state index is 0.890. The highest BCUT2D eigenvalue weighted by atomic mass is 16.6. The van der Waals surface area contributed by atoms with Crippen molar-refractivity contribution in [1.29, 1.82) is 0 Å². The molecule has 0 spiro atoms. The number of nitrogens with zero attached hydrogens (tertiary/aromatic N) is 1. The molecule has 0 heterocycles. The van der Waals surface area contributed by atoms with E-state index >= 15 is 0 Å². The summed E-state index contributed by atoms with van der Waals surface area (Å²) in [6.07, 6.45) is -1.89. The summed E-state index contributed by atoms with van der Waals surface area (Å²) in [7, 11) is 0. The number of hydrogen-bond donors (Lipinski definition) is 2. The largest absolute Gasteiger partial charge is 0.479 e. The SMILES string of the molecule is O=C(O)C(O)C[N+](=O)[O-]. The number of carbonyl (C=O) groups is 1. The summed E-state index contributed by atoms with van der Waals surface area (Å²) in [4.78, 5) is 18.3. The third-order valence-electron chi connectivity index (χ3n) is 0.607. The van der Waals surface area contributed by atoms with Gasteiger partial charge in [0.05, 0.1) is 0 Å². The number of hydrogen-bond acceptors (Lipinski definition) is 4. The lowest BCUT2D eigenvalue weighted by Crippen LogP contribution is -2.27. The van der Waals surface area contributed by atoms with Gasteiger partial charge in [0.1, 0.15) is 0 Å². The number of carboxylic acids is 1. The number of aliphatic hydroxyl groups excluding tert-OH is 1. The van der Waals surface area contributed by atoms with Crippen molar-refractivity contribution in [2.75, 3.05) is 6.54 Å². The lowest BCUT2D eigenvalue weighted by atomic mass is 10.4. The average Bonchev–Trinajstić information content (AvgIpc) is 1.63. The quantitative estimate of drug-likeness (QED) is 0.370. The Morgan fingerprint density at radius 3 is 2.33 bits per heavy atom. The molecule has 0 aromatic rings. The van der Waals surface area contributed by atoms with E-state index in [0.717, 1.165) is 0 Å². The summed E-state index contributed by atoms with van der Waals surface area (Å²) in [5.74, 6) is -1.58. The lowest BCUT2D eigenvalue weighted by molar-refractivity contribution is -0.487. The Labute approximate surface area is 49.9 Å². The van der Waals surface area contributed by atoms with Gasteiger partial charge in [-0.15, -0.1) is 0 Å². The Hall–Kier alpha value is -1.17. The van der Waals surface area contributed by atoms with E-state index in [0.29, 0.717) is 0 Å². The van der Waals surface area contributed by atoms with Crippen LogP contribution in [0.1, 0.15) is 0 Å². The summed E-state index contributed by atoms with van der Waals surface area (Å²) in [6, 6.07) is 0. The Kier molecular flexibility index (Phi) is 2.59. The number of rotatable bonds is 3. The molecule has 2 N–H and O–H groups in total. The first-order valence-electron chi connectivity index (χ1n) is 2.06. The van der Waals surface area contributed by atoms with Gasteiger partial charge >= 0.3 is 5.97 Å². The van der Waals surface area contributed by atoms with Gasteiger partial charge in [-0.1, -0.05) is 0 Å². The van der Waals surface area contributed by atoms with Crippen LogP contribution in [0.5, 0.6) is 0 Å². The molecule has 1 unspecified atom stereocenters. The maximum absolute atomic E-state index is 9.68. The molecule has 0 aliphatic rings. The van der Waals surface area contributed by atoms with Gasteiger partial charge in [-0.2, -0.15) is 0 Å². The highest BCUT2D eigenvalue weighted by molar-refractivity contribution is 5.71. The van der Waals surface area contributed by atoms with Gasteiger partial charge in [0, 0.05) is 4.92 Å². The summed E-state index contributed by atoms with van der Waals surface area (Å²) in [5, 5.41) is 25.6. The van der Waals surface area contributed by atoms with Gasteiger partial charge in [0.15, 0.2) is 0 Å². The molecule has 0 aromatic heterocycles. The average molecular weight is 135 g/mol. The van der Waals surface area contributed by atoms with Gasteiger partial charge < -0.3 is 10.2 Å². The molecular formula is C3H5NO5. The van der Waals surface area contributed by atoms with E-state index in [1.807, 2.05) is 0 Å². The minimum Gasteiger partial charge on any atom is -0.479 e.